The van der Waals surface area contributed by atoms with E-state index < -0.39 is 4.92 Å². The molecule has 0 saturated carbocycles. The van der Waals surface area contributed by atoms with Gasteiger partial charge >= 0.3 is 0 Å². The lowest BCUT2D eigenvalue weighted by Crippen LogP contribution is -2.16. The second-order valence-electron chi connectivity index (χ2n) is 7.77. The highest BCUT2D eigenvalue weighted by molar-refractivity contribution is 7.99. The van der Waals surface area contributed by atoms with Crippen molar-refractivity contribution in [3.05, 3.63) is 87.3 Å². The Morgan fingerprint density at radius 3 is 2.71 bits per heavy atom. The van der Waals surface area contributed by atoms with Gasteiger partial charge in [0.2, 0.25) is 0 Å². The van der Waals surface area contributed by atoms with E-state index in [4.69, 9.17) is 4.74 Å². The van der Waals surface area contributed by atoms with Gasteiger partial charge < -0.3 is 4.74 Å². The molecule has 8 nitrogen and oxygen atoms in total. The third kappa shape index (κ3) is 4.65. The third-order valence-corrected chi connectivity index (χ3v) is 7.44. The number of aromatic nitrogens is 3. The Labute approximate surface area is 203 Å². The summed E-state index contributed by atoms with van der Waals surface area (Å²) in [6.07, 6.45) is 2.00. The van der Waals surface area contributed by atoms with Gasteiger partial charge in [-0.1, -0.05) is 36.4 Å². The van der Waals surface area contributed by atoms with Crippen LogP contribution >= 0.6 is 23.1 Å². The average molecular weight is 493 g/mol. The van der Waals surface area contributed by atoms with Crippen LogP contribution in [0, 0.1) is 10.1 Å². The van der Waals surface area contributed by atoms with Crippen LogP contribution in [0.3, 0.4) is 0 Å². The number of hydrogen-bond acceptors (Lipinski definition) is 8. The van der Waals surface area contributed by atoms with Crippen molar-refractivity contribution in [2.24, 2.45) is 0 Å². The van der Waals surface area contributed by atoms with Crippen LogP contribution in [-0.2, 0) is 11.3 Å². The molecule has 5 rings (SSSR count). The lowest BCUT2D eigenvalue weighted by Gasteiger charge is -2.14. The normalized spacial score (nSPS) is 15.5. The van der Waals surface area contributed by atoms with Gasteiger partial charge in [-0.3, -0.25) is 19.5 Å². The van der Waals surface area contributed by atoms with Crippen molar-refractivity contribution in [3.8, 4) is 10.7 Å². The summed E-state index contributed by atoms with van der Waals surface area (Å²) in [6, 6.07) is 17.2. The average Bonchev–Trinajstić information content (AvgIpc) is 3.63. The summed E-state index contributed by atoms with van der Waals surface area (Å²) >= 11 is 2.73. The quantitative estimate of drug-likeness (QED) is 0.182. The molecule has 1 atom stereocenters. The molecule has 172 valence electrons. The molecule has 1 aliphatic heterocycles. The van der Waals surface area contributed by atoms with Crippen LogP contribution in [0.4, 0.5) is 5.69 Å². The number of thiophene rings is 1. The summed E-state index contributed by atoms with van der Waals surface area (Å²) in [6.45, 7) is 1.30. The molecule has 1 saturated heterocycles. The Kier molecular flexibility index (Phi) is 6.52. The zero-order chi connectivity index (χ0) is 23.5. The zero-order valence-electron chi connectivity index (χ0n) is 18.0. The molecule has 1 fully saturated rings. The number of nitrogens with zero attached hydrogens (tertiary/aromatic N) is 4. The molecule has 1 unspecified atom stereocenters. The fourth-order valence-corrected chi connectivity index (χ4v) is 5.49. The smallest absolute Gasteiger partial charge is 0.284 e. The lowest BCUT2D eigenvalue weighted by atomic mass is 10.0. The molecule has 0 N–H and O–H groups in total. The summed E-state index contributed by atoms with van der Waals surface area (Å²) in [7, 11) is 0. The first-order valence-corrected chi connectivity index (χ1v) is 12.4. The first kappa shape index (κ1) is 22.5. The second-order valence-corrected chi connectivity index (χ2v) is 9.72. The molecule has 0 aliphatic carbocycles. The highest BCUT2D eigenvalue weighted by Gasteiger charge is 2.25. The Morgan fingerprint density at radius 1 is 1.15 bits per heavy atom. The van der Waals surface area contributed by atoms with E-state index >= 15 is 0 Å². The monoisotopic (exact) mass is 492 g/mol. The summed E-state index contributed by atoms with van der Waals surface area (Å²) < 4.78 is 7.79. The number of rotatable bonds is 8. The van der Waals surface area contributed by atoms with E-state index in [-0.39, 0.29) is 23.1 Å². The summed E-state index contributed by atoms with van der Waals surface area (Å²) in [4.78, 5) is 25.6. The molecule has 4 aromatic rings. The summed E-state index contributed by atoms with van der Waals surface area (Å²) in [5, 5.41) is 23.1. The van der Waals surface area contributed by atoms with E-state index in [0.29, 0.717) is 28.0 Å². The molecule has 10 heteroatoms. The maximum absolute atomic E-state index is 12.8. The molecule has 0 bridgehead atoms. The number of ether oxygens (including phenoxy) is 1. The summed E-state index contributed by atoms with van der Waals surface area (Å²) in [5.41, 5.74) is 0.604. The molecule has 0 spiro atoms. The van der Waals surface area contributed by atoms with Crippen molar-refractivity contribution in [2.75, 3.05) is 6.61 Å². The molecule has 34 heavy (non-hydrogen) atoms. The minimum Gasteiger partial charge on any atom is -0.376 e. The number of benzene rings is 2. The minimum atomic E-state index is -0.467. The van der Waals surface area contributed by atoms with Gasteiger partial charge in [-0.05, 0) is 48.2 Å². The molecular weight excluding hydrogens is 472 g/mol. The van der Waals surface area contributed by atoms with Gasteiger partial charge in [0.05, 0.1) is 27.3 Å². The zero-order valence-corrected chi connectivity index (χ0v) is 19.6. The van der Waals surface area contributed by atoms with Gasteiger partial charge in [0.15, 0.2) is 16.8 Å². The number of carbonyl (C=O) groups excluding carboxylic acids is 1. The van der Waals surface area contributed by atoms with Crippen molar-refractivity contribution in [1.29, 1.82) is 0 Å². The highest BCUT2D eigenvalue weighted by Crippen LogP contribution is 2.37. The van der Waals surface area contributed by atoms with Gasteiger partial charge in [0.25, 0.3) is 5.69 Å². The van der Waals surface area contributed by atoms with Crippen molar-refractivity contribution in [1.82, 2.24) is 14.8 Å². The highest BCUT2D eigenvalue weighted by atomic mass is 32.2. The van der Waals surface area contributed by atoms with Crippen molar-refractivity contribution >= 4 is 34.6 Å². The molecule has 0 radical (unpaired) electrons. The van der Waals surface area contributed by atoms with Crippen molar-refractivity contribution in [2.45, 2.75) is 35.5 Å². The van der Waals surface area contributed by atoms with E-state index in [1.807, 2.05) is 28.1 Å². The van der Waals surface area contributed by atoms with Crippen LogP contribution in [0.5, 0.6) is 0 Å². The van der Waals surface area contributed by atoms with Gasteiger partial charge in [0.1, 0.15) is 0 Å². The van der Waals surface area contributed by atoms with Gasteiger partial charge in [-0.15, -0.1) is 21.5 Å². The largest absolute Gasteiger partial charge is 0.376 e. The van der Waals surface area contributed by atoms with Crippen LogP contribution in [0.2, 0.25) is 0 Å². The lowest BCUT2D eigenvalue weighted by molar-refractivity contribution is -0.387. The Bertz CT molecular complexity index is 1320. The number of nitro groups is 1. The van der Waals surface area contributed by atoms with Crippen molar-refractivity contribution < 1.29 is 14.5 Å². The van der Waals surface area contributed by atoms with Crippen LogP contribution in [0.15, 0.2) is 76.1 Å². The first-order chi connectivity index (χ1) is 16.6. The Morgan fingerprint density at radius 2 is 2.00 bits per heavy atom. The van der Waals surface area contributed by atoms with Gasteiger partial charge in [-0.25, -0.2) is 0 Å². The van der Waals surface area contributed by atoms with Crippen molar-refractivity contribution in [3.63, 3.8) is 0 Å². The molecule has 3 heterocycles. The standard InChI is InChI=1S/C24H20N4O4S2/c29-22(16-6-2-1-3-7-16)17-10-11-20(19(14-17)28(30)31)34-24-26-25-23(21-9-5-13-33-21)27(24)15-18-8-4-12-32-18/h1-3,5-7,9-11,13-14,18H,4,8,12,15H2. The third-order valence-electron chi connectivity index (χ3n) is 5.52. The number of carbonyl (C=O) groups is 1. The molecule has 2 aromatic carbocycles. The van der Waals surface area contributed by atoms with E-state index in [1.165, 1.54) is 17.8 Å². The fourth-order valence-electron chi connectivity index (χ4n) is 3.85. The topological polar surface area (TPSA) is 100 Å². The maximum atomic E-state index is 12.8. The molecule has 2 aromatic heterocycles. The number of hydrogen-bond donors (Lipinski definition) is 0. The van der Waals surface area contributed by atoms with Crippen LogP contribution in [-0.4, -0.2) is 38.2 Å². The minimum absolute atomic E-state index is 0.0508. The number of nitro benzene ring substituents is 1. The SMILES string of the molecule is O=C(c1ccccc1)c1ccc(Sc2nnc(-c3cccs3)n2CC2CCCO2)c([N+](=O)[O-])c1. The van der Waals surface area contributed by atoms with Crippen LogP contribution in [0.25, 0.3) is 10.7 Å². The van der Waals surface area contributed by atoms with Crippen LogP contribution in [0.1, 0.15) is 28.8 Å². The number of ketones is 1. The van der Waals surface area contributed by atoms with E-state index in [0.717, 1.165) is 24.3 Å². The fraction of sp³-hybridized carbons (Fsp3) is 0.208. The van der Waals surface area contributed by atoms with E-state index in [1.54, 1.807) is 47.7 Å². The summed E-state index contributed by atoms with van der Waals surface area (Å²) in [5.74, 6) is 0.452. The Balaban J connectivity index is 1.49. The molecule has 0 amide bonds. The van der Waals surface area contributed by atoms with Crippen LogP contribution < -0.4 is 0 Å². The Hall–Kier alpha value is -3.34. The first-order valence-electron chi connectivity index (χ1n) is 10.7. The van der Waals surface area contributed by atoms with E-state index in [2.05, 4.69) is 10.2 Å². The molecular formula is C24H20N4O4S2. The maximum Gasteiger partial charge on any atom is 0.284 e. The van der Waals surface area contributed by atoms with Gasteiger partial charge in [0, 0.05) is 23.8 Å². The second kappa shape index (κ2) is 9.88. The predicted octanol–water partition coefficient (Wildman–Crippen LogP) is 5.48. The van der Waals surface area contributed by atoms with E-state index in [9.17, 15) is 14.9 Å². The van der Waals surface area contributed by atoms with Gasteiger partial charge in [-0.2, -0.15) is 0 Å². The predicted molar refractivity (Wildman–Crippen MR) is 129 cm³/mol. The molecule has 1 aliphatic rings.